The number of amides is 2. The third-order valence-corrected chi connectivity index (χ3v) is 2.75. The summed E-state index contributed by atoms with van der Waals surface area (Å²) in [4.78, 5) is 36.9. The molecule has 1 fully saturated rings. The normalized spacial score (nSPS) is 20.1. The van der Waals surface area contributed by atoms with Crippen LogP contribution in [0.25, 0.3) is 0 Å². The summed E-state index contributed by atoms with van der Waals surface area (Å²) in [7, 11) is 0. The summed E-state index contributed by atoms with van der Waals surface area (Å²) < 4.78 is 5.22. The Morgan fingerprint density at radius 1 is 1.21 bits per heavy atom. The van der Waals surface area contributed by atoms with E-state index in [0.29, 0.717) is 0 Å². The van der Waals surface area contributed by atoms with Crippen LogP contribution < -0.4 is 0 Å². The van der Waals surface area contributed by atoms with E-state index in [2.05, 4.69) is 0 Å². The minimum Gasteiger partial charge on any atom is -0.465 e. The van der Waals surface area contributed by atoms with Crippen LogP contribution in [0.15, 0.2) is 0 Å². The smallest absolute Gasteiger partial charge is 0.411 e. The van der Waals surface area contributed by atoms with Gasteiger partial charge in [-0.2, -0.15) is 0 Å². The first-order chi connectivity index (χ1) is 8.61. The summed E-state index contributed by atoms with van der Waals surface area (Å²) in [6.45, 7) is 6.88. The lowest BCUT2D eigenvalue weighted by Gasteiger charge is -2.39. The van der Waals surface area contributed by atoms with E-state index in [0.717, 1.165) is 4.90 Å². The molecule has 0 aromatic carbocycles. The van der Waals surface area contributed by atoms with Gasteiger partial charge in [-0.1, -0.05) is 0 Å². The van der Waals surface area contributed by atoms with Crippen LogP contribution in [0.2, 0.25) is 0 Å². The van der Waals surface area contributed by atoms with Crippen LogP contribution in [0.1, 0.15) is 27.7 Å². The molecule has 0 spiro atoms. The Morgan fingerprint density at radius 2 is 1.79 bits per heavy atom. The zero-order chi connectivity index (χ0) is 14.8. The van der Waals surface area contributed by atoms with Crippen LogP contribution >= 0.6 is 0 Å². The molecule has 0 aromatic heterocycles. The standard InChI is InChI=1S/C12H20N2O5/c1-8(15)9-7-13(10(16)17)5-6-14(9)11(18)19-12(2,3)4/h9H,5-7H2,1-4H3,(H,16,17)/t9-/m1/s1. The largest absolute Gasteiger partial charge is 0.465 e. The SMILES string of the molecule is CC(=O)[C@H]1CN(C(=O)O)CCN1C(=O)OC(C)(C)C. The van der Waals surface area contributed by atoms with Crippen LogP contribution in [0, 0.1) is 0 Å². The van der Waals surface area contributed by atoms with Gasteiger partial charge in [0.15, 0.2) is 5.78 Å². The van der Waals surface area contributed by atoms with E-state index in [1.54, 1.807) is 20.8 Å². The third kappa shape index (κ3) is 4.11. The van der Waals surface area contributed by atoms with Gasteiger partial charge in [0.1, 0.15) is 11.6 Å². The first kappa shape index (κ1) is 15.3. The minimum absolute atomic E-state index is 0.0100. The van der Waals surface area contributed by atoms with Gasteiger partial charge in [-0.25, -0.2) is 9.59 Å². The minimum atomic E-state index is -1.09. The third-order valence-electron chi connectivity index (χ3n) is 2.75. The van der Waals surface area contributed by atoms with Crippen molar-refractivity contribution in [3.05, 3.63) is 0 Å². The molecule has 0 saturated carbocycles. The van der Waals surface area contributed by atoms with Gasteiger partial charge < -0.3 is 14.7 Å². The summed E-state index contributed by atoms with van der Waals surface area (Å²) in [6, 6.07) is -0.778. The molecule has 0 aromatic rings. The molecule has 0 aliphatic carbocycles. The predicted molar refractivity (Wildman–Crippen MR) is 67.0 cm³/mol. The summed E-state index contributed by atoms with van der Waals surface area (Å²) >= 11 is 0. The molecule has 108 valence electrons. The number of hydrogen-bond donors (Lipinski definition) is 1. The van der Waals surface area contributed by atoms with Gasteiger partial charge in [-0.15, -0.1) is 0 Å². The second-order valence-electron chi connectivity index (χ2n) is 5.53. The Kier molecular flexibility index (Phi) is 4.39. The number of carbonyl (C=O) groups is 3. The Balaban J connectivity index is 2.80. The van der Waals surface area contributed by atoms with Crippen molar-refractivity contribution in [1.29, 1.82) is 0 Å². The molecule has 0 radical (unpaired) electrons. The zero-order valence-corrected chi connectivity index (χ0v) is 11.7. The van der Waals surface area contributed by atoms with Gasteiger partial charge in [-0.3, -0.25) is 9.69 Å². The highest BCUT2D eigenvalue weighted by atomic mass is 16.6. The van der Waals surface area contributed by atoms with Gasteiger partial charge >= 0.3 is 12.2 Å². The number of ketones is 1. The number of carbonyl (C=O) groups excluding carboxylic acids is 2. The molecule has 1 heterocycles. The van der Waals surface area contributed by atoms with Crippen LogP contribution in [0.3, 0.4) is 0 Å². The fraction of sp³-hybridized carbons (Fsp3) is 0.750. The highest BCUT2D eigenvalue weighted by Crippen LogP contribution is 2.16. The van der Waals surface area contributed by atoms with Crippen LogP contribution in [0.4, 0.5) is 9.59 Å². The molecule has 1 rings (SSSR count). The van der Waals surface area contributed by atoms with E-state index in [4.69, 9.17) is 9.84 Å². The quantitative estimate of drug-likeness (QED) is 0.774. The molecule has 1 saturated heterocycles. The van der Waals surface area contributed by atoms with Crippen molar-refractivity contribution in [2.45, 2.75) is 39.3 Å². The molecule has 1 N–H and O–H groups in total. The van der Waals surface area contributed by atoms with Crippen molar-refractivity contribution in [1.82, 2.24) is 9.80 Å². The fourth-order valence-electron chi connectivity index (χ4n) is 1.84. The first-order valence-electron chi connectivity index (χ1n) is 6.10. The molecule has 19 heavy (non-hydrogen) atoms. The molecule has 7 heteroatoms. The highest BCUT2D eigenvalue weighted by molar-refractivity contribution is 5.86. The second-order valence-corrected chi connectivity index (χ2v) is 5.53. The van der Waals surface area contributed by atoms with Crippen LogP contribution in [-0.4, -0.2) is 64.2 Å². The lowest BCUT2D eigenvalue weighted by Crippen LogP contribution is -2.59. The van der Waals surface area contributed by atoms with Crippen molar-refractivity contribution in [3.8, 4) is 0 Å². The Morgan fingerprint density at radius 3 is 2.21 bits per heavy atom. The summed E-state index contributed by atoms with van der Waals surface area (Å²) in [5.41, 5.74) is -0.650. The van der Waals surface area contributed by atoms with Crippen molar-refractivity contribution in [3.63, 3.8) is 0 Å². The molecular weight excluding hydrogens is 252 g/mol. The van der Waals surface area contributed by atoms with Crippen LogP contribution in [-0.2, 0) is 9.53 Å². The first-order valence-corrected chi connectivity index (χ1v) is 6.10. The number of nitrogens with zero attached hydrogens (tertiary/aromatic N) is 2. The Hall–Kier alpha value is -1.79. The van der Waals surface area contributed by atoms with Gasteiger partial charge in [0, 0.05) is 13.1 Å². The number of Topliss-reactive ketones (excluding diaryl/α,β-unsaturated/α-hetero) is 1. The number of hydrogen-bond acceptors (Lipinski definition) is 4. The van der Waals surface area contributed by atoms with E-state index < -0.39 is 23.8 Å². The van der Waals surface area contributed by atoms with Crippen molar-refractivity contribution in [2.24, 2.45) is 0 Å². The van der Waals surface area contributed by atoms with Crippen molar-refractivity contribution in [2.75, 3.05) is 19.6 Å². The Bertz CT molecular complexity index is 388. The maximum Gasteiger partial charge on any atom is 0.411 e. The van der Waals surface area contributed by atoms with Gasteiger partial charge in [0.05, 0.1) is 6.54 Å². The van der Waals surface area contributed by atoms with Gasteiger partial charge in [-0.05, 0) is 27.7 Å². The lowest BCUT2D eigenvalue weighted by molar-refractivity contribution is -0.124. The number of rotatable bonds is 1. The number of ether oxygens (including phenoxy) is 1. The zero-order valence-electron chi connectivity index (χ0n) is 11.7. The van der Waals surface area contributed by atoms with E-state index in [9.17, 15) is 14.4 Å². The summed E-state index contributed by atoms with van der Waals surface area (Å²) in [5.74, 6) is -0.253. The molecular formula is C12H20N2O5. The summed E-state index contributed by atoms with van der Waals surface area (Å²) in [5, 5.41) is 8.93. The Labute approximate surface area is 112 Å². The lowest BCUT2D eigenvalue weighted by atomic mass is 10.1. The van der Waals surface area contributed by atoms with E-state index in [-0.39, 0.29) is 25.4 Å². The highest BCUT2D eigenvalue weighted by Gasteiger charge is 2.37. The summed E-state index contributed by atoms with van der Waals surface area (Å²) in [6.07, 6.45) is -1.67. The molecule has 0 bridgehead atoms. The monoisotopic (exact) mass is 272 g/mol. The average molecular weight is 272 g/mol. The second kappa shape index (κ2) is 5.46. The fourth-order valence-corrected chi connectivity index (χ4v) is 1.84. The van der Waals surface area contributed by atoms with Crippen molar-refractivity contribution >= 4 is 18.0 Å². The van der Waals surface area contributed by atoms with E-state index >= 15 is 0 Å². The maximum atomic E-state index is 12.0. The maximum absolute atomic E-state index is 12.0. The topological polar surface area (TPSA) is 87.2 Å². The van der Waals surface area contributed by atoms with Crippen molar-refractivity contribution < 1.29 is 24.2 Å². The van der Waals surface area contributed by atoms with Gasteiger partial charge in [0.25, 0.3) is 0 Å². The number of carboxylic acid groups (broad SMARTS) is 1. The van der Waals surface area contributed by atoms with Gasteiger partial charge in [0.2, 0.25) is 0 Å². The van der Waals surface area contributed by atoms with E-state index in [1.807, 2.05) is 0 Å². The average Bonchev–Trinajstić information content (AvgIpc) is 2.25. The predicted octanol–water partition coefficient (Wildman–Crippen LogP) is 1.17. The molecule has 1 atom stereocenters. The molecule has 0 unspecified atom stereocenters. The van der Waals surface area contributed by atoms with E-state index in [1.165, 1.54) is 11.8 Å². The molecule has 1 aliphatic rings. The molecule has 7 nitrogen and oxygen atoms in total. The van der Waals surface area contributed by atoms with Crippen LogP contribution in [0.5, 0.6) is 0 Å². The number of piperazine rings is 1. The molecule has 1 aliphatic heterocycles. The molecule has 2 amide bonds.